The van der Waals surface area contributed by atoms with Crippen LogP contribution in [-0.2, 0) is 11.3 Å². The van der Waals surface area contributed by atoms with Crippen molar-refractivity contribution in [2.45, 2.75) is 11.4 Å². The zero-order valence-corrected chi connectivity index (χ0v) is 10.4. The van der Waals surface area contributed by atoms with Gasteiger partial charge in [0.25, 0.3) is 0 Å². The molecular weight excluding hydrogens is 296 g/mol. The maximum atomic E-state index is 5.50. The van der Waals surface area contributed by atoms with Crippen LogP contribution in [0, 0.1) is 0 Å². The predicted molar refractivity (Wildman–Crippen MR) is 62.6 cm³/mol. The zero-order valence-electron chi connectivity index (χ0n) is 7.25. The summed E-state index contributed by atoms with van der Waals surface area (Å²) >= 11 is 6.85. The van der Waals surface area contributed by atoms with Crippen molar-refractivity contribution in [3.8, 4) is 0 Å². The molecule has 1 aromatic carbocycles. The molecule has 72 valence electrons. The first-order valence-electron chi connectivity index (χ1n) is 4.14. The summed E-state index contributed by atoms with van der Waals surface area (Å²) in [5.41, 5.74) is 1.22. The van der Waals surface area contributed by atoms with Gasteiger partial charge < -0.3 is 4.74 Å². The van der Waals surface area contributed by atoms with E-state index in [4.69, 9.17) is 4.74 Å². The third-order valence-corrected chi connectivity index (χ3v) is 3.82. The molecule has 1 unspecified atom stereocenters. The topological polar surface area (TPSA) is 9.23 Å². The molecule has 0 saturated heterocycles. The largest absolute Gasteiger partial charge is 0.376 e. The van der Waals surface area contributed by atoms with Gasteiger partial charge in [-0.15, -0.1) is 0 Å². The van der Waals surface area contributed by atoms with Crippen LogP contribution >= 0.6 is 31.9 Å². The monoisotopic (exact) mass is 306 g/mol. The van der Waals surface area contributed by atoms with Crippen LogP contribution in [0.2, 0.25) is 0 Å². The minimum Gasteiger partial charge on any atom is -0.376 e. The quantitative estimate of drug-likeness (QED) is 0.758. The molecule has 1 nitrogen and oxygen atoms in total. The highest BCUT2D eigenvalue weighted by Crippen LogP contribution is 2.06. The Bertz CT molecular complexity index is 226. The molecule has 0 aliphatic rings. The van der Waals surface area contributed by atoms with Gasteiger partial charge in [0.1, 0.15) is 0 Å². The molecular formula is C10H12Br2O. The molecule has 0 saturated carbocycles. The first kappa shape index (κ1) is 11.2. The maximum absolute atomic E-state index is 5.50. The van der Waals surface area contributed by atoms with Crippen LogP contribution in [0.25, 0.3) is 0 Å². The lowest BCUT2D eigenvalue weighted by molar-refractivity contribution is 0.126. The molecule has 3 heteroatoms. The lowest BCUT2D eigenvalue weighted by Gasteiger charge is -2.07. The van der Waals surface area contributed by atoms with E-state index >= 15 is 0 Å². The maximum Gasteiger partial charge on any atom is 0.0717 e. The van der Waals surface area contributed by atoms with Crippen LogP contribution in [0.4, 0.5) is 0 Å². The van der Waals surface area contributed by atoms with Gasteiger partial charge in [-0.2, -0.15) is 0 Å². The van der Waals surface area contributed by atoms with Crippen LogP contribution in [0.1, 0.15) is 5.56 Å². The Hall–Kier alpha value is 0.140. The predicted octanol–water partition coefficient (Wildman–Crippen LogP) is 3.36. The second-order valence-corrected chi connectivity index (χ2v) is 4.69. The van der Waals surface area contributed by atoms with E-state index in [9.17, 15) is 0 Å². The molecule has 0 aliphatic carbocycles. The zero-order chi connectivity index (χ0) is 9.52. The van der Waals surface area contributed by atoms with Crippen molar-refractivity contribution in [2.75, 3.05) is 11.9 Å². The summed E-state index contributed by atoms with van der Waals surface area (Å²) in [4.78, 5) is 0.399. The molecule has 0 spiro atoms. The molecule has 0 aromatic heterocycles. The van der Waals surface area contributed by atoms with Crippen molar-refractivity contribution in [3.63, 3.8) is 0 Å². The van der Waals surface area contributed by atoms with Crippen LogP contribution in [0.3, 0.4) is 0 Å². The Morgan fingerprint density at radius 2 is 1.92 bits per heavy atom. The van der Waals surface area contributed by atoms with Crippen molar-refractivity contribution >= 4 is 31.9 Å². The molecule has 0 radical (unpaired) electrons. The summed E-state index contributed by atoms with van der Waals surface area (Å²) in [5, 5.41) is 0.918. The second-order valence-electron chi connectivity index (χ2n) is 2.75. The summed E-state index contributed by atoms with van der Waals surface area (Å²) < 4.78 is 5.50. The van der Waals surface area contributed by atoms with E-state index in [2.05, 4.69) is 44.0 Å². The highest BCUT2D eigenvalue weighted by atomic mass is 79.9. The third-order valence-electron chi connectivity index (χ3n) is 1.58. The van der Waals surface area contributed by atoms with Crippen LogP contribution in [-0.4, -0.2) is 16.8 Å². The van der Waals surface area contributed by atoms with Crippen molar-refractivity contribution in [2.24, 2.45) is 0 Å². The number of hydrogen-bond acceptors (Lipinski definition) is 1. The first-order chi connectivity index (χ1) is 6.33. The molecule has 0 fully saturated rings. The smallest absolute Gasteiger partial charge is 0.0717 e. The molecule has 0 N–H and O–H groups in total. The number of alkyl halides is 2. The van der Waals surface area contributed by atoms with E-state index in [1.807, 2.05) is 18.2 Å². The van der Waals surface area contributed by atoms with E-state index in [-0.39, 0.29) is 0 Å². The fraction of sp³-hybridized carbons (Fsp3) is 0.400. The molecule has 0 bridgehead atoms. The van der Waals surface area contributed by atoms with Gasteiger partial charge >= 0.3 is 0 Å². The Kier molecular flexibility index (Phi) is 5.67. The lowest BCUT2D eigenvalue weighted by Crippen LogP contribution is -2.09. The van der Waals surface area contributed by atoms with E-state index in [1.165, 1.54) is 5.56 Å². The Morgan fingerprint density at radius 3 is 2.54 bits per heavy atom. The number of rotatable bonds is 5. The van der Waals surface area contributed by atoms with Gasteiger partial charge in [0.05, 0.1) is 13.2 Å². The Labute approximate surface area is 95.7 Å². The highest BCUT2D eigenvalue weighted by Gasteiger charge is 2.00. The van der Waals surface area contributed by atoms with E-state index in [0.29, 0.717) is 11.4 Å². The summed E-state index contributed by atoms with van der Waals surface area (Å²) in [7, 11) is 0. The molecule has 13 heavy (non-hydrogen) atoms. The van der Waals surface area contributed by atoms with Crippen LogP contribution < -0.4 is 0 Å². The average Bonchev–Trinajstić information content (AvgIpc) is 2.19. The molecule has 1 rings (SSSR count). The van der Waals surface area contributed by atoms with Crippen LogP contribution in [0.5, 0.6) is 0 Å². The fourth-order valence-electron chi connectivity index (χ4n) is 0.923. The van der Waals surface area contributed by atoms with Gasteiger partial charge in [0.15, 0.2) is 0 Å². The SMILES string of the molecule is BrCC(Br)COCc1ccccc1. The third kappa shape index (κ3) is 4.79. The van der Waals surface area contributed by atoms with Gasteiger partial charge in [-0.05, 0) is 5.56 Å². The van der Waals surface area contributed by atoms with Crippen molar-refractivity contribution in [1.29, 1.82) is 0 Å². The van der Waals surface area contributed by atoms with E-state index in [0.717, 1.165) is 11.9 Å². The van der Waals surface area contributed by atoms with Gasteiger partial charge in [-0.25, -0.2) is 0 Å². The number of ether oxygens (including phenoxy) is 1. The van der Waals surface area contributed by atoms with Crippen molar-refractivity contribution in [1.82, 2.24) is 0 Å². The average molecular weight is 308 g/mol. The molecule has 0 amide bonds. The minimum absolute atomic E-state index is 0.399. The molecule has 0 heterocycles. The van der Waals surface area contributed by atoms with Gasteiger partial charge in [-0.3, -0.25) is 0 Å². The fourth-order valence-corrected chi connectivity index (χ4v) is 1.30. The molecule has 1 aromatic rings. The van der Waals surface area contributed by atoms with Crippen molar-refractivity contribution < 1.29 is 4.74 Å². The van der Waals surface area contributed by atoms with E-state index < -0.39 is 0 Å². The normalized spacial score (nSPS) is 12.8. The summed E-state index contributed by atoms with van der Waals surface area (Å²) in [6.07, 6.45) is 0. The minimum atomic E-state index is 0.399. The Balaban J connectivity index is 2.20. The summed E-state index contributed by atoms with van der Waals surface area (Å²) in [5.74, 6) is 0. The summed E-state index contributed by atoms with van der Waals surface area (Å²) in [6, 6.07) is 10.2. The second kappa shape index (κ2) is 6.57. The molecule has 1 atom stereocenters. The lowest BCUT2D eigenvalue weighted by atomic mass is 10.2. The molecule has 0 aliphatic heterocycles. The Morgan fingerprint density at radius 1 is 1.23 bits per heavy atom. The van der Waals surface area contributed by atoms with Gasteiger partial charge in [0.2, 0.25) is 0 Å². The highest BCUT2D eigenvalue weighted by molar-refractivity contribution is 9.12. The number of halogens is 2. The number of hydrogen-bond donors (Lipinski definition) is 0. The van der Waals surface area contributed by atoms with E-state index in [1.54, 1.807) is 0 Å². The van der Waals surface area contributed by atoms with Gasteiger partial charge in [-0.1, -0.05) is 62.2 Å². The number of benzene rings is 1. The first-order valence-corrected chi connectivity index (χ1v) is 6.18. The van der Waals surface area contributed by atoms with Crippen molar-refractivity contribution in [3.05, 3.63) is 35.9 Å². The summed E-state index contributed by atoms with van der Waals surface area (Å²) in [6.45, 7) is 1.43. The standard InChI is InChI=1S/C10H12Br2O/c11-6-10(12)8-13-7-9-4-2-1-3-5-9/h1-5,10H,6-8H2. The van der Waals surface area contributed by atoms with Gasteiger partial charge in [0, 0.05) is 10.2 Å². The van der Waals surface area contributed by atoms with Crippen LogP contribution in [0.15, 0.2) is 30.3 Å².